The van der Waals surface area contributed by atoms with Crippen LogP contribution >= 0.6 is 23.2 Å². The maximum atomic E-state index is 14.3. The summed E-state index contributed by atoms with van der Waals surface area (Å²) in [4.78, 5) is 40.0. The number of esters is 2. The third kappa shape index (κ3) is 15.8. The van der Waals surface area contributed by atoms with Crippen molar-refractivity contribution in [3.63, 3.8) is 0 Å². The van der Waals surface area contributed by atoms with Gasteiger partial charge in [-0.25, -0.2) is 9.59 Å². The highest BCUT2D eigenvalue weighted by atomic mass is 35.5. The molecule has 2 aromatic rings. The van der Waals surface area contributed by atoms with Crippen molar-refractivity contribution in [3.05, 3.63) is 54.5 Å². The number of phenolic OH excluding ortho intramolecular Hbond substituents is 3. The van der Waals surface area contributed by atoms with Crippen molar-refractivity contribution in [3.8, 4) is 23.0 Å². The molecule has 0 radical (unpaired) electrons. The zero-order valence-corrected chi connectivity index (χ0v) is 64.3. The SMILES string of the molecule is COC[C@H]1O[C@@H](O[C@@H]2OC[C@@H]3OC4(C[C@@H]5COC[C@H]5[C@H](OC(=O)c5c(C)cc(O)cc5O)O4)O[C@H]3[C@H]2O)[C@@H](OC)[C@@H](O)[C@@H]1O[C@@H]1O[C@H](O)[C@H](OC)[C@H](O[C@@H]2O[C@H](C)[C@H]3OC4(C[C@@H](O)[C@H](O[C@H]5C[C@@H](O[C@H]6C[C@](C)([N+](=O)[O-])[C@@H](OC)[C@H](C)O6)[C@H](OC(=O)c6c(C)c(Cl)c(O)c(Cl)c6OC)[C@@H](C)O5)[C@@H](C)O4)O[C@]3(C)[C@@H]2O)[C@H]1O. The lowest BCUT2D eigenvalue weighted by atomic mass is 9.85. The number of ether oxygens (including phenoxy) is 25. The molecule has 0 saturated carbocycles. The summed E-state index contributed by atoms with van der Waals surface area (Å²) < 4.78 is 153. The Morgan fingerprint density at radius 2 is 1.33 bits per heavy atom. The summed E-state index contributed by atoms with van der Waals surface area (Å²) in [5, 5.41) is 116. The Labute approximate surface area is 645 Å². The van der Waals surface area contributed by atoms with Gasteiger partial charge in [0.25, 0.3) is 17.5 Å². The largest absolute Gasteiger partial charge is 0.508 e. The molecule has 35 atom stereocenters. The van der Waals surface area contributed by atoms with Crippen molar-refractivity contribution in [2.45, 2.75) is 283 Å². The molecule has 39 nitrogen and oxygen atoms in total. The molecule has 0 bridgehead atoms. The number of benzene rings is 2. The van der Waals surface area contributed by atoms with E-state index in [9.17, 15) is 65.7 Å². The lowest BCUT2D eigenvalue weighted by Gasteiger charge is -2.50. The van der Waals surface area contributed by atoms with E-state index in [-0.39, 0.29) is 95.4 Å². The number of aryl methyl sites for hydroxylation is 1. The summed E-state index contributed by atoms with van der Waals surface area (Å²) in [6.07, 6.45) is -41.7. The van der Waals surface area contributed by atoms with Gasteiger partial charge < -0.3 is 160 Å². The third-order valence-corrected chi connectivity index (χ3v) is 23.5. The molecule has 11 heterocycles. The van der Waals surface area contributed by atoms with Crippen LogP contribution in [0.1, 0.15) is 99.1 Å². The number of carbonyl (C=O) groups is 2. The number of nitrogens with zero attached hydrogens (tertiary/aromatic N) is 1. The highest BCUT2D eigenvalue weighted by Crippen LogP contribution is 2.54. The zero-order valence-electron chi connectivity index (χ0n) is 62.8. The van der Waals surface area contributed by atoms with Gasteiger partial charge in [-0.2, -0.15) is 0 Å². The average Bonchev–Trinajstić information content (AvgIpc) is 1.58. The van der Waals surface area contributed by atoms with Crippen LogP contribution in [0.3, 0.4) is 0 Å². The second-order valence-electron chi connectivity index (χ2n) is 30.1. The van der Waals surface area contributed by atoms with E-state index in [0.717, 1.165) is 6.07 Å². The van der Waals surface area contributed by atoms with Crippen LogP contribution in [-0.2, 0) is 114 Å². The van der Waals surface area contributed by atoms with Crippen LogP contribution in [0.15, 0.2) is 12.1 Å². The Balaban J connectivity index is 0.649. The molecule has 13 rings (SSSR count). The van der Waals surface area contributed by atoms with Crippen LogP contribution in [0.4, 0.5) is 0 Å². The van der Waals surface area contributed by atoms with Crippen molar-refractivity contribution in [1.82, 2.24) is 0 Å². The molecule has 2 spiro atoms. The van der Waals surface area contributed by atoms with Gasteiger partial charge in [0.15, 0.2) is 67.7 Å². The van der Waals surface area contributed by atoms with E-state index in [4.69, 9.17) is 142 Å². The summed E-state index contributed by atoms with van der Waals surface area (Å²) in [7, 11) is 6.29. The number of carbonyl (C=O) groups excluding carboxylic acids is 2. The van der Waals surface area contributed by atoms with Gasteiger partial charge in [-0.15, -0.1) is 0 Å². The molecular formula is C70H97Cl2NO38. The Morgan fingerprint density at radius 3 is 2.01 bits per heavy atom. The maximum absolute atomic E-state index is 14.3. The minimum atomic E-state index is -2.10. The first-order chi connectivity index (χ1) is 52.5. The molecule has 11 aliphatic heterocycles. The van der Waals surface area contributed by atoms with E-state index >= 15 is 0 Å². The molecule has 41 heteroatoms. The topological polar surface area (TPSA) is 490 Å². The number of rotatable bonds is 21. The molecule has 2 aromatic carbocycles. The van der Waals surface area contributed by atoms with Gasteiger partial charge in [-0.3, -0.25) is 14.9 Å². The van der Waals surface area contributed by atoms with Gasteiger partial charge in [0.2, 0.25) is 6.29 Å². The summed E-state index contributed by atoms with van der Waals surface area (Å²) in [6, 6.07) is 2.28. The number of hydrogen-bond acceptors (Lipinski definition) is 38. The predicted octanol–water partition coefficient (Wildman–Crippen LogP) is 1.06. The second-order valence-corrected chi connectivity index (χ2v) is 30.9. The predicted molar refractivity (Wildman–Crippen MR) is 362 cm³/mol. The summed E-state index contributed by atoms with van der Waals surface area (Å²) in [5.41, 5.74) is -3.65. The first-order valence-corrected chi connectivity index (χ1v) is 37.1. The Morgan fingerprint density at radius 1 is 0.622 bits per heavy atom. The van der Waals surface area contributed by atoms with E-state index in [1.54, 1.807) is 27.7 Å². The molecular weight excluding hydrogens is 1530 g/mol. The molecule has 2 unspecified atom stereocenters. The zero-order chi connectivity index (χ0) is 80.2. The first-order valence-electron chi connectivity index (χ1n) is 36.4. The number of methoxy groups -OCH3 is 5. The van der Waals surface area contributed by atoms with Gasteiger partial charge in [-0.05, 0) is 65.7 Å². The van der Waals surface area contributed by atoms with Crippen LogP contribution in [0, 0.1) is 35.8 Å². The number of aliphatic hydroxyl groups is 6. The lowest BCUT2D eigenvalue weighted by Crippen LogP contribution is -2.68. The van der Waals surface area contributed by atoms with E-state index in [2.05, 4.69) is 0 Å². The molecule has 0 aliphatic carbocycles. The van der Waals surface area contributed by atoms with Crippen molar-refractivity contribution >= 4 is 35.1 Å². The lowest BCUT2D eigenvalue weighted by molar-refractivity contribution is -0.595. The van der Waals surface area contributed by atoms with Crippen molar-refractivity contribution < 1.29 is 179 Å². The summed E-state index contributed by atoms with van der Waals surface area (Å²) >= 11 is 12.8. The first kappa shape index (κ1) is 84.4. The smallest absolute Gasteiger partial charge is 0.344 e. The van der Waals surface area contributed by atoms with Crippen molar-refractivity contribution in [2.75, 3.05) is 62.0 Å². The normalized spacial score (nSPS) is 45.6. The number of fused-ring (bicyclic) bond motifs is 3. The number of phenols is 3. The molecule has 9 N–H and O–H groups in total. The van der Waals surface area contributed by atoms with Gasteiger partial charge in [0.05, 0.1) is 87.8 Å². The highest BCUT2D eigenvalue weighted by Gasteiger charge is 2.70. The fourth-order valence-corrected chi connectivity index (χ4v) is 17.6. The van der Waals surface area contributed by atoms with Gasteiger partial charge in [-0.1, -0.05) is 23.2 Å². The molecule has 11 fully saturated rings. The van der Waals surface area contributed by atoms with Crippen LogP contribution < -0.4 is 4.74 Å². The molecule has 0 amide bonds. The summed E-state index contributed by atoms with van der Waals surface area (Å²) in [5.74, 6) is -8.33. The minimum Gasteiger partial charge on any atom is -0.508 e. The Kier molecular flexibility index (Phi) is 25.1. The van der Waals surface area contributed by atoms with Crippen LogP contribution in [0.2, 0.25) is 10.0 Å². The fraction of sp³-hybridized carbons (Fsp3) is 0.800. The van der Waals surface area contributed by atoms with Crippen LogP contribution in [-0.4, -0.2) is 326 Å². The molecule has 11 aliphatic rings. The molecule has 11 saturated heterocycles. The number of hydrogen-bond donors (Lipinski definition) is 9. The van der Waals surface area contributed by atoms with E-state index in [1.165, 1.54) is 69.3 Å². The monoisotopic (exact) mass is 1630 g/mol. The number of halogens is 2. The van der Waals surface area contributed by atoms with Gasteiger partial charge in [0, 0.05) is 65.1 Å². The van der Waals surface area contributed by atoms with Gasteiger partial charge in [0.1, 0.15) is 119 Å². The second kappa shape index (κ2) is 33.1. The van der Waals surface area contributed by atoms with Gasteiger partial charge >= 0.3 is 11.9 Å². The van der Waals surface area contributed by atoms with Crippen LogP contribution in [0.25, 0.3) is 0 Å². The Bertz CT molecular complexity index is 3630. The number of aliphatic hydroxyl groups excluding tert-OH is 6. The fourth-order valence-electron chi connectivity index (χ4n) is 17.1. The molecule has 0 aromatic heterocycles. The van der Waals surface area contributed by atoms with E-state index in [1.807, 2.05) is 0 Å². The minimum absolute atomic E-state index is 0.0630. The van der Waals surface area contributed by atoms with Crippen molar-refractivity contribution in [1.29, 1.82) is 0 Å². The highest BCUT2D eigenvalue weighted by molar-refractivity contribution is 6.39. The van der Waals surface area contributed by atoms with E-state index in [0.29, 0.717) is 0 Å². The summed E-state index contributed by atoms with van der Waals surface area (Å²) in [6.45, 7) is 11.9. The average molecular weight is 1630 g/mol. The maximum Gasteiger partial charge on any atom is 0.344 e. The number of nitro groups is 1. The van der Waals surface area contributed by atoms with Crippen molar-refractivity contribution in [2.24, 2.45) is 11.8 Å². The quantitative estimate of drug-likeness (QED) is 0.0479. The van der Waals surface area contributed by atoms with Crippen LogP contribution in [0.5, 0.6) is 23.0 Å². The Hall–Kier alpha value is -4.56. The standard InChI is InChI=1S/C70H97Cl2NO38/c1-24-14-31(74)15-33(75)40(24)59(82)103-62-32-21-92-20-30(32)17-69(110-62)107-37-23-93-63(46(79)51(37)108-69)105-65-54(89-11)45(78)50(36(98-65)22-87-9)101-64-47(80)53(55(90-12)61(84)104-64)102-66-56(81)68(8)58(29(6)96-66)109-70(111-68)18-34(76)48(27(4)106-70)99-38-16-35(97-39-19-67(7,73(85)86)57(91-13)28(5)95-39)49(26(3)94-38)100-60(83)41-25(2)42(71)44(77)43(72)52(41)88-10/h14-15,26-30,32,34-39,45-51,53-58,61-66,74-81,84H,16-23H2,1-13H3/t26-,27-,28+,29-,30-,32-,34-,35-,36-,37+,38+,39+,45+,46-,47-,48-,49-,50-,51-,53-,54+,55-,56-,57+,58-,61+,62-,63+,64-,65+,66+,67+,68-,69?,70?/m1/s1. The molecule has 111 heavy (non-hydrogen) atoms. The van der Waals surface area contributed by atoms with E-state index < -0.39 is 242 Å². The third-order valence-electron chi connectivity index (χ3n) is 22.7. The molecule has 624 valence electrons. The number of aromatic hydroxyl groups is 3.